The first-order valence-electron chi connectivity index (χ1n) is 6.20. The van der Waals surface area contributed by atoms with Crippen LogP contribution in [0.1, 0.15) is 18.5 Å². The summed E-state index contributed by atoms with van der Waals surface area (Å²) in [6, 6.07) is 5.81. The van der Waals surface area contributed by atoms with Crippen LogP contribution in [0.25, 0.3) is 0 Å². The number of nitrogens with two attached hydrogens (primary N) is 1. The van der Waals surface area contributed by atoms with Gasteiger partial charge < -0.3 is 15.4 Å². The number of rotatable bonds is 5. The molecule has 20 heavy (non-hydrogen) atoms. The van der Waals surface area contributed by atoms with Crippen molar-refractivity contribution < 1.29 is 17.9 Å². The summed E-state index contributed by atoms with van der Waals surface area (Å²) in [5, 5.41) is 0. The molecule has 0 saturated carbocycles. The van der Waals surface area contributed by atoms with Crippen molar-refractivity contribution in [1.82, 2.24) is 4.90 Å². The van der Waals surface area contributed by atoms with Crippen LogP contribution < -0.4 is 5.73 Å². The van der Waals surface area contributed by atoms with Crippen LogP contribution in [-0.4, -0.2) is 45.9 Å². The predicted octanol–water partition coefficient (Wildman–Crippen LogP) is 1.18. The Labute approximate surface area is 119 Å². The van der Waals surface area contributed by atoms with Gasteiger partial charge in [0.15, 0.2) is 9.84 Å². The number of ether oxygens (including phenoxy) is 1. The normalized spacial score (nSPS) is 12.8. The molecule has 0 bridgehead atoms. The monoisotopic (exact) mass is 300 g/mol. The lowest BCUT2D eigenvalue weighted by molar-refractivity contribution is 0.112. The van der Waals surface area contributed by atoms with Gasteiger partial charge >= 0.3 is 6.09 Å². The number of amides is 1. The average Bonchev–Trinajstić information content (AvgIpc) is 2.44. The van der Waals surface area contributed by atoms with Crippen LogP contribution in [0.15, 0.2) is 29.2 Å². The van der Waals surface area contributed by atoms with E-state index in [4.69, 9.17) is 10.5 Å². The fraction of sp³-hybridized carbons (Fsp3) is 0.462. The van der Waals surface area contributed by atoms with Crippen LogP contribution >= 0.6 is 0 Å². The molecular weight excluding hydrogens is 280 g/mol. The highest BCUT2D eigenvalue weighted by molar-refractivity contribution is 7.91. The maximum atomic E-state index is 11.7. The molecule has 0 aliphatic heterocycles. The SMILES string of the molecule is CCS(=O)(=O)c1ccc(C(N)COC(=O)N(C)C)cc1. The van der Waals surface area contributed by atoms with E-state index in [1.165, 1.54) is 17.0 Å². The maximum Gasteiger partial charge on any atom is 0.409 e. The summed E-state index contributed by atoms with van der Waals surface area (Å²) in [6.45, 7) is 1.63. The van der Waals surface area contributed by atoms with Crippen molar-refractivity contribution in [1.29, 1.82) is 0 Å². The van der Waals surface area contributed by atoms with E-state index in [0.717, 1.165) is 0 Å². The van der Waals surface area contributed by atoms with Crippen molar-refractivity contribution >= 4 is 15.9 Å². The largest absolute Gasteiger partial charge is 0.447 e. The molecule has 1 rings (SSSR count). The first-order valence-corrected chi connectivity index (χ1v) is 7.85. The van der Waals surface area contributed by atoms with Crippen LogP contribution in [0.3, 0.4) is 0 Å². The smallest absolute Gasteiger partial charge is 0.409 e. The van der Waals surface area contributed by atoms with Crippen molar-refractivity contribution in [2.75, 3.05) is 26.5 Å². The Balaban J connectivity index is 2.71. The van der Waals surface area contributed by atoms with Crippen LogP contribution in [0.2, 0.25) is 0 Å². The van der Waals surface area contributed by atoms with Crippen molar-refractivity contribution in [3.8, 4) is 0 Å². The molecule has 7 heteroatoms. The molecule has 0 radical (unpaired) electrons. The summed E-state index contributed by atoms with van der Waals surface area (Å²) in [7, 11) is -0.0472. The third-order valence-corrected chi connectivity index (χ3v) is 4.55. The van der Waals surface area contributed by atoms with Crippen LogP contribution in [0.4, 0.5) is 4.79 Å². The van der Waals surface area contributed by atoms with Gasteiger partial charge in [0, 0.05) is 14.1 Å². The molecule has 0 aliphatic rings. The zero-order valence-electron chi connectivity index (χ0n) is 11.9. The summed E-state index contributed by atoms with van der Waals surface area (Å²) >= 11 is 0. The minimum absolute atomic E-state index is 0.0386. The number of nitrogens with zero attached hydrogens (tertiary/aromatic N) is 1. The molecule has 6 nitrogen and oxygen atoms in total. The molecule has 0 aliphatic carbocycles. The van der Waals surface area contributed by atoms with E-state index in [0.29, 0.717) is 5.56 Å². The standard InChI is InChI=1S/C13H20N2O4S/c1-4-20(17,18)11-7-5-10(6-8-11)12(14)9-19-13(16)15(2)3/h5-8,12H,4,9,14H2,1-3H3. The van der Waals surface area contributed by atoms with Gasteiger partial charge in [0.25, 0.3) is 0 Å². The molecule has 1 unspecified atom stereocenters. The lowest BCUT2D eigenvalue weighted by Gasteiger charge is -2.15. The van der Waals surface area contributed by atoms with Crippen LogP contribution in [0.5, 0.6) is 0 Å². The Bertz CT molecular complexity index is 552. The van der Waals surface area contributed by atoms with Crippen molar-refractivity contribution in [3.63, 3.8) is 0 Å². The summed E-state index contributed by atoms with van der Waals surface area (Å²) in [4.78, 5) is 12.8. The molecule has 0 heterocycles. The summed E-state index contributed by atoms with van der Waals surface area (Å²) < 4.78 is 28.3. The molecule has 0 aromatic heterocycles. The van der Waals surface area contributed by atoms with E-state index in [1.807, 2.05) is 0 Å². The van der Waals surface area contributed by atoms with Gasteiger partial charge in [0.1, 0.15) is 6.61 Å². The Morgan fingerprint density at radius 2 is 1.85 bits per heavy atom. The third kappa shape index (κ3) is 4.21. The van der Waals surface area contributed by atoms with Gasteiger partial charge in [0.2, 0.25) is 0 Å². The van der Waals surface area contributed by atoms with E-state index in [9.17, 15) is 13.2 Å². The second kappa shape index (κ2) is 6.71. The predicted molar refractivity (Wildman–Crippen MR) is 76.1 cm³/mol. The topological polar surface area (TPSA) is 89.7 Å². The fourth-order valence-corrected chi connectivity index (χ4v) is 2.36. The highest BCUT2D eigenvalue weighted by Crippen LogP contribution is 2.16. The Kier molecular flexibility index (Phi) is 5.52. The van der Waals surface area contributed by atoms with E-state index in [1.54, 1.807) is 33.2 Å². The molecule has 1 aromatic rings. The second-order valence-corrected chi connectivity index (χ2v) is 6.83. The highest BCUT2D eigenvalue weighted by Gasteiger charge is 2.14. The first kappa shape index (κ1) is 16.5. The number of carbonyl (C=O) groups is 1. The van der Waals surface area contributed by atoms with E-state index < -0.39 is 22.0 Å². The lowest BCUT2D eigenvalue weighted by atomic mass is 10.1. The number of hydrogen-bond donors (Lipinski definition) is 1. The minimum Gasteiger partial charge on any atom is -0.447 e. The van der Waals surface area contributed by atoms with E-state index in [-0.39, 0.29) is 17.3 Å². The maximum absolute atomic E-state index is 11.7. The molecule has 1 amide bonds. The number of hydrogen-bond acceptors (Lipinski definition) is 5. The summed E-state index contributed by atoms with van der Waals surface area (Å²) in [6.07, 6.45) is -0.467. The Hall–Kier alpha value is -1.60. The summed E-state index contributed by atoms with van der Waals surface area (Å²) in [5.41, 5.74) is 6.60. The number of benzene rings is 1. The van der Waals surface area contributed by atoms with Gasteiger partial charge in [-0.3, -0.25) is 0 Å². The Morgan fingerprint density at radius 3 is 2.30 bits per heavy atom. The molecular formula is C13H20N2O4S. The molecule has 0 saturated heterocycles. The third-order valence-electron chi connectivity index (χ3n) is 2.80. The average molecular weight is 300 g/mol. The van der Waals surface area contributed by atoms with Crippen molar-refractivity contribution in [2.45, 2.75) is 17.9 Å². The van der Waals surface area contributed by atoms with Gasteiger partial charge in [0.05, 0.1) is 16.7 Å². The lowest BCUT2D eigenvalue weighted by Crippen LogP contribution is -2.27. The molecule has 0 spiro atoms. The van der Waals surface area contributed by atoms with Gasteiger partial charge in [-0.1, -0.05) is 19.1 Å². The van der Waals surface area contributed by atoms with E-state index in [2.05, 4.69) is 0 Å². The van der Waals surface area contributed by atoms with Crippen LogP contribution in [0, 0.1) is 0 Å². The van der Waals surface area contributed by atoms with E-state index >= 15 is 0 Å². The molecule has 1 atom stereocenters. The van der Waals surface area contributed by atoms with Gasteiger partial charge in [-0.15, -0.1) is 0 Å². The molecule has 112 valence electrons. The van der Waals surface area contributed by atoms with Crippen LogP contribution in [-0.2, 0) is 14.6 Å². The fourth-order valence-electron chi connectivity index (χ4n) is 1.48. The van der Waals surface area contributed by atoms with Gasteiger partial charge in [-0.25, -0.2) is 13.2 Å². The molecule has 1 aromatic carbocycles. The second-order valence-electron chi connectivity index (χ2n) is 4.55. The van der Waals surface area contributed by atoms with Gasteiger partial charge in [-0.05, 0) is 17.7 Å². The zero-order valence-corrected chi connectivity index (χ0v) is 12.7. The number of carbonyl (C=O) groups excluding carboxylic acids is 1. The molecule has 0 fully saturated rings. The number of sulfone groups is 1. The summed E-state index contributed by atoms with van der Waals surface area (Å²) in [5.74, 6) is 0.0544. The molecule has 2 N–H and O–H groups in total. The van der Waals surface area contributed by atoms with Gasteiger partial charge in [-0.2, -0.15) is 0 Å². The van der Waals surface area contributed by atoms with Crippen molar-refractivity contribution in [2.24, 2.45) is 5.73 Å². The zero-order chi connectivity index (χ0) is 15.3. The minimum atomic E-state index is -3.21. The quantitative estimate of drug-likeness (QED) is 0.882. The highest BCUT2D eigenvalue weighted by atomic mass is 32.2. The van der Waals surface area contributed by atoms with Crippen molar-refractivity contribution in [3.05, 3.63) is 29.8 Å². The Morgan fingerprint density at radius 1 is 1.30 bits per heavy atom. The first-order chi connectivity index (χ1) is 9.27.